The zero-order chi connectivity index (χ0) is 31.2. The number of benzene rings is 1. The fourth-order valence-electron chi connectivity index (χ4n) is 3.51. The molecule has 8 N–H and O–H groups in total. The Labute approximate surface area is 245 Å². The zero-order valence-corrected chi connectivity index (χ0v) is 24.2. The summed E-state index contributed by atoms with van der Waals surface area (Å²) < 4.78 is 15.9. The summed E-state index contributed by atoms with van der Waals surface area (Å²) in [6.45, 7) is 5.39. The third-order valence-electron chi connectivity index (χ3n) is 5.70. The van der Waals surface area contributed by atoms with Gasteiger partial charge in [-0.3, -0.25) is 14.4 Å². The molecule has 0 saturated heterocycles. The number of primary amides is 1. The second kappa shape index (κ2) is 21.8. The summed E-state index contributed by atoms with van der Waals surface area (Å²) in [5.74, 6) is -1.79. The molecule has 2 atom stereocenters. The molecule has 2 unspecified atom stereocenters. The van der Waals surface area contributed by atoms with E-state index in [0.717, 1.165) is 5.56 Å². The van der Waals surface area contributed by atoms with E-state index in [1.54, 1.807) is 38.1 Å². The number of hydrogen-bond acceptors (Lipinski definition) is 9. The minimum atomic E-state index is -0.948. The summed E-state index contributed by atoms with van der Waals surface area (Å²) >= 11 is 0. The van der Waals surface area contributed by atoms with Crippen LogP contribution in [0.2, 0.25) is 0 Å². The van der Waals surface area contributed by atoms with Crippen LogP contribution in [-0.4, -0.2) is 88.6 Å². The average molecular weight is 594 g/mol. The number of hydrogen-bond donors (Lipinski definition) is 6. The molecule has 234 valence electrons. The highest BCUT2D eigenvalue weighted by Crippen LogP contribution is 2.11. The Balaban J connectivity index is 2.60. The summed E-state index contributed by atoms with van der Waals surface area (Å²) in [6, 6.07) is 4.41. The van der Waals surface area contributed by atoms with Crippen molar-refractivity contribution < 1.29 is 33.4 Å². The highest BCUT2D eigenvalue weighted by Gasteiger charge is 2.28. The minimum Gasteiger partial charge on any atom is -0.379 e. The second-order valence-electron chi connectivity index (χ2n) is 9.41. The highest BCUT2D eigenvalue weighted by molar-refractivity contribution is 5.98. The second-order valence-corrected chi connectivity index (χ2v) is 9.41. The van der Waals surface area contributed by atoms with Gasteiger partial charge in [0.25, 0.3) is 0 Å². The number of rotatable bonds is 22. The quantitative estimate of drug-likeness (QED) is 0.0477. The first-order chi connectivity index (χ1) is 20.2. The van der Waals surface area contributed by atoms with Gasteiger partial charge in [-0.25, -0.2) is 4.79 Å². The first kappa shape index (κ1) is 36.1. The molecule has 5 amide bonds. The average Bonchev–Trinajstić information content (AvgIpc) is 2.96. The maximum absolute atomic E-state index is 13.2. The number of anilines is 1. The lowest BCUT2D eigenvalue weighted by Gasteiger charge is -2.25. The van der Waals surface area contributed by atoms with Crippen molar-refractivity contribution in [2.75, 3.05) is 58.0 Å². The van der Waals surface area contributed by atoms with Crippen molar-refractivity contribution in [3.8, 4) is 0 Å². The molecule has 42 heavy (non-hydrogen) atoms. The molecular formula is C26H43N9O7. The van der Waals surface area contributed by atoms with Crippen LogP contribution in [0.25, 0.3) is 10.4 Å². The van der Waals surface area contributed by atoms with Crippen LogP contribution in [0, 0.1) is 5.92 Å². The summed E-state index contributed by atoms with van der Waals surface area (Å²) in [6.07, 6.45) is 0.573. The lowest BCUT2D eigenvalue weighted by atomic mass is 10.0. The summed E-state index contributed by atoms with van der Waals surface area (Å²) in [5, 5.41) is 13.9. The van der Waals surface area contributed by atoms with Gasteiger partial charge in [0.15, 0.2) is 0 Å². The molecule has 0 aromatic heterocycles. The number of nitrogens with two attached hydrogens (primary N) is 2. The number of azide groups is 1. The summed E-state index contributed by atoms with van der Waals surface area (Å²) in [7, 11) is 0. The highest BCUT2D eigenvalue weighted by atomic mass is 16.5. The van der Waals surface area contributed by atoms with Crippen LogP contribution in [0.4, 0.5) is 10.5 Å². The molecular weight excluding hydrogens is 550 g/mol. The maximum Gasteiger partial charge on any atom is 0.312 e. The number of urea groups is 1. The van der Waals surface area contributed by atoms with Crippen LogP contribution >= 0.6 is 0 Å². The van der Waals surface area contributed by atoms with E-state index in [0.29, 0.717) is 38.5 Å². The van der Waals surface area contributed by atoms with Crippen molar-refractivity contribution in [2.45, 2.75) is 45.3 Å². The standard InChI is InChI=1S/C26H43N9O7/c1-18(2)23(34-22(36)17-42-15-14-41-13-12-40-11-10-31-35-29)25(38)33-21(4-3-9-30-26(28)39)24(37)32-20-7-5-19(16-27)6-8-20/h5-8,18,21,23H,3-4,9-17,27H2,1-2H3,(H,32,37)(H,33,38)(H,34,36)(H3,28,30,39). The van der Waals surface area contributed by atoms with E-state index in [4.69, 9.17) is 31.2 Å². The topological polar surface area (TPSA) is 245 Å². The van der Waals surface area contributed by atoms with Crippen molar-refractivity contribution in [3.05, 3.63) is 40.3 Å². The van der Waals surface area contributed by atoms with Gasteiger partial charge in [-0.15, -0.1) is 0 Å². The van der Waals surface area contributed by atoms with Gasteiger partial charge in [0.2, 0.25) is 17.7 Å². The Bertz CT molecular complexity index is 1020. The number of carbonyl (C=O) groups is 4. The fourth-order valence-corrected chi connectivity index (χ4v) is 3.51. The van der Waals surface area contributed by atoms with Crippen LogP contribution in [-0.2, 0) is 35.1 Å². The Kier molecular flexibility index (Phi) is 18.7. The minimum absolute atomic E-state index is 0.151. The van der Waals surface area contributed by atoms with Crippen molar-refractivity contribution in [3.63, 3.8) is 0 Å². The third-order valence-corrected chi connectivity index (χ3v) is 5.70. The molecule has 0 aliphatic heterocycles. The van der Waals surface area contributed by atoms with E-state index in [1.807, 2.05) is 0 Å². The molecule has 16 heteroatoms. The molecule has 0 radical (unpaired) electrons. The van der Waals surface area contributed by atoms with Crippen LogP contribution in [0.1, 0.15) is 32.3 Å². The van der Waals surface area contributed by atoms with Crippen molar-refractivity contribution >= 4 is 29.4 Å². The lowest BCUT2D eigenvalue weighted by Crippen LogP contribution is -2.55. The molecule has 0 aliphatic carbocycles. The molecule has 0 spiro atoms. The van der Waals surface area contributed by atoms with Gasteiger partial charge in [-0.2, -0.15) is 0 Å². The molecule has 0 heterocycles. The van der Waals surface area contributed by atoms with E-state index in [9.17, 15) is 19.2 Å². The Morgan fingerprint density at radius 2 is 1.60 bits per heavy atom. The molecule has 1 rings (SSSR count). The van der Waals surface area contributed by atoms with Crippen LogP contribution < -0.4 is 32.7 Å². The van der Waals surface area contributed by atoms with Gasteiger partial charge in [0, 0.05) is 30.2 Å². The first-order valence-electron chi connectivity index (χ1n) is 13.6. The largest absolute Gasteiger partial charge is 0.379 e. The van der Waals surface area contributed by atoms with Gasteiger partial charge in [0.1, 0.15) is 18.7 Å². The van der Waals surface area contributed by atoms with E-state index in [-0.39, 0.29) is 45.2 Å². The SMILES string of the molecule is CC(C)C(NC(=O)COCCOCCOCCN=[N+]=[N-])C(=O)NC(CCCNC(N)=O)C(=O)Nc1ccc(CN)cc1. The summed E-state index contributed by atoms with van der Waals surface area (Å²) in [4.78, 5) is 52.3. The maximum atomic E-state index is 13.2. The molecule has 1 aromatic rings. The molecule has 0 fully saturated rings. The fraction of sp³-hybridized carbons (Fsp3) is 0.615. The molecule has 0 saturated carbocycles. The van der Waals surface area contributed by atoms with Gasteiger partial charge in [-0.1, -0.05) is 31.1 Å². The van der Waals surface area contributed by atoms with E-state index in [2.05, 4.69) is 31.3 Å². The van der Waals surface area contributed by atoms with E-state index >= 15 is 0 Å². The smallest absolute Gasteiger partial charge is 0.312 e. The van der Waals surface area contributed by atoms with Crippen molar-refractivity contribution in [1.29, 1.82) is 0 Å². The molecule has 1 aromatic carbocycles. The predicted molar refractivity (Wildman–Crippen MR) is 155 cm³/mol. The number of ether oxygens (including phenoxy) is 3. The van der Waals surface area contributed by atoms with Gasteiger partial charge in [0.05, 0.1) is 33.0 Å². The Morgan fingerprint density at radius 1 is 0.952 bits per heavy atom. The summed E-state index contributed by atoms with van der Waals surface area (Å²) in [5.41, 5.74) is 20.3. The van der Waals surface area contributed by atoms with E-state index < -0.39 is 35.8 Å². The predicted octanol–water partition coefficient (Wildman–Crippen LogP) is 0.518. The van der Waals surface area contributed by atoms with Gasteiger partial charge >= 0.3 is 6.03 Å². The number of amides is 5. The number of nitrogens with zero attached hydrogens (tertiary/aromatic N) is 3. The van der Waals surface area contributed by atoms with Crippen LogP contribution in [0.5, 0.6) is 0 Å². The number of nitrogens with one attached hydrogen (secondary N) is 4. The monoisotopic (exact) mass is 593 g/mol. The molecule has 0 aliphatic rings. The lowest BCUT2D eigenvalue weighted by molar-refractivity contribution is -0.134. The van der Waals surface area contributed by atoms with Gasteiger partial charge in [-0.05, 0) is 42.0 Å². The van der Waals surface area contributed by atoms with Gasteiger partial charge < -0.3 is 46.9 Å². The van der Waals surface area contributed by atoms with E-state index in [1.165, 1.54) is 0 Å². The molecule has 0 bridgehead atoms. The zero-order valence-electron chi connectivity index (χ0n) is 24.2. The van der Waals surface area contributed by atoms with Crippen molar-refractivity contribution in [2.24, 2.45) is 22.5 Å². The Hall–Kier alpha value is -3.95. The first-order valence-corrected chi connectivity index (χ1v) is 13.6. The van der Waals surface area contributed by atoms with Crippen molar-refractivity contribution in [1.82, 2.24) is 16.0 Å². The number of carbonyl (C=O) groups excluding carboxylic acids is 4. The normalized spacial score (nSPS) is 12.1. The van der Waals surface area contributed by atoms with Crippen LogP contribution in [0.3, 0.4) is 0 Å². The van der Waals surface area contributed by atoms with Crippen LogP contribution in [0.15, 0.2) is 29.4 Å². The Morgan fingerprint density at radius 3 is 2.19 bits per heavy atom. The molecule has 16 nitrogen and oxygen atoms in total. The third kappa shape index (κ3) is 16.3.